The number of amides is 2. The van der Waals surface area contributed by atoms with Crippen LogP contribution in [0.15, 0.2) is 48.8 Å². The van der Waals surface area contributed by atoms with Crippen molar-refractivity contribution in [2.75, 3.05) is 6.54 Å². The largest absolute Gasteiger partial charge is 0.508 e. The number of carbonyl (C=O) groups is 3. The summed E-state index contributed by atoms with van der Waals surface area (Å²) >= 11 is 0. The van der Waals surface area contributed by atoms with Crippen LogP contribution in [0, 0.1) is 5.92 Å². The zero-order chi connectivity index (χ0) is 22.6. The minimum Gasteiger partial charge on any atom is -0.508 e. The molecule has 31 heavy (non-hydrogen) atoms. The molecule has 0 aliphatic heterocycles. The zero-order valence-corrected chi connectivity index (χ0v) is 17.0. The Morgan fingerprint density at radius 2 is 1.97 bits per heavy atom. The van der Waals surface area contributed by atoms with Crippen molar-refractivity contribution >= 4 is 18.3 Å². The number of aliphatic hydroxyl groups is 1. The van der Waals surface area contributed by atoms with Gasteiger partial charge in [-0.3, -0.25) is 19.4 Å². The second-order valence-corrected chi connectivity index (χ2v) is 7.22. The number of pyridine rings is 1. The lowest BCUT2D eigenvalue weighted by atomic mass is 9.83. The first-order valence-corrected chi connectivity index (χ1v) is 9.97. The first-order valence-electron chi connectivity index (χ1n) is 9.97. The highest BCUT2D eigenvalue weighted by atomic mass is 16.3. The molecule has 2 aromatic rings. The highest BCUT2D eigenvalue weighted by molar-refractivity contribution is 5.94. The Hall–Kier alpha value is -3.46. The minimum atomic E-state index is -0.694. The third-order valence-electron chi connectivity index (χ3n) is 5.05. The topological polar surface area (TPSA) is 149 Å². The Kier molecular flexibility index (Phi) is 9.44. The van der Waals surface area contributed by atoms with Gasteiger partial charge in [0.1, 0.15) is 5.75 Å². The molecule has 0 spiro atoms. The molecule has 1 aromatic carbocycles. The summed E-state index contributed by atoms with van der Waals surface area (Å²) in [5.41, 5.74) is 1.37. The Balaban J connectivity index is 0.00000107. The second kappa shape index (κ2) is 12.3. The van der Waals surface area contributed by atoms with E-state index in [1.807, 2.05) is 12.1 Å². The van der Waals surface area contributed by atoms with Crippen molar-refractivity contribution < 1.29 is 29.7 Å². The summed E-state index contributed by atoms with van der Waals surface area (Å²) in [7, 11) is 0. The van der Waals surface area contributed by atoms with Gasteiger partial charge in [-0.05, 0) is 55.5 Å². The summed E-state index contributed by atoms with van der Waals surface area (Å²) in [4.78, 5) is 37.3. The molecule has 166 valence electrons. The smallest absolute Gasteiger partial charge is 0.290 e. The number of hydrogen-bond acceptors (Lipinski definition) is 6. The first-order chi connectivity index (χ1) is 14.9. The number of phenols is 1. The molecule has 1 aliphatic rings. The van der Waals surface area contributed by atoms with Gasteiger partial charge in [-0.15, -0.1) is 0 Å². The highest BCUT2D eigenvalue weighted by Gasteiger charge is 2.33. The average molecular weight is 429 g/mol. The fourth-order valence-corrected chi connectivity index (χ4v) is 3.47. The van der Waals surface area contributed by atoms with E-state index in [-0.39, 0.29) is 30.0 Å². The number of phenolic OH excluding ortho intramolecular Hbond substituents is 1. The zero-order valence-electron chi connectivity index (χ0n) is 17.0. The fourth-order valence-electron chi connectivity index (χ4n) is 3.47. The maximum atomic E-state index is 12.5. The van der Waals surface area contributed by atoms with Crippen molar-refractivity contribution in [2.45, 2.75) is 37.8 Å². The van der Waals surface area contributed by atoms with Crippen molar-refractivity contribution in [1.82, 2.24) is 15.6 Å². The van der Waals surface area contributed by atoms with Crippen LogP contribution in [0.3, 0.4) is 0 Å². The number of benzene rings is 1. The van der Waals surface area contributed by atoms with Crippen molar-refractivity contribution in [3.63, 3.8) is 0 Å². The van der Waals surface area contributed by atoms with Gasteiger partial charge in [-0.25, -0.2) is 0 Å². The first kappa shape index (κ1) is 23.8. The van der Waals surface area contributed by atoms with Gasteiger partial charge >= 0.3 is 0 Å². The fraction of sp³-hybridized carbons (Fsp3) is 0.364. The molecule has 1 saturated carbocycles. The molecule has 1 aromatic heterocycles. The number of carboxylic acid groups (broad SMARTS) is 1. The molecule has 0 radical (unpaired) electrons. The van der Waals surface area contributed by atoms with Crippen LogP contribution >= 0.6 is 0 Å². The van der Waals surface area contributed by atoms with Crippen molar-refractivity contribution in [1.29, 1.82) is 0 Å². The average Bonchev–Trinajstić information content (AvgIpc) is 2.76. The van der Waals surface area contributed by atoms with Gasteiger partial charge in [-0.1, -0.05) is 12.1 Å². The van der Waals surface area contributed by atoms with Crippen LogP contribution in [0.4, 0.5) is 0 Å². The van der Waals surface area contributed by atoms with Gasteiger partial charge < -0.3 is 26.0 Å². The molecule has 3 atom stereocenters. The molecule has 3 rings (SSSR count). The van der Waals surface area contributed by atoms with Crippen LogP contribution in [0.2, 0.25) is 0 Å². The van der Waals surface area contributed by atoms with Crippen molar-refractivity contribution in [2.24, 2.45) is 5.92 Å². The molecule has 1 heterocycles. The van der Waals surface area contributed by atoms with Gasteiger partial charge in [-0.2, -0.15) is 0 Å². The standard InChI is InChI=1S/C21H25N3O4.CH2O2/c25-17-5-1-4-15(11-17)21(28)24-18-12-16(6-7-19(18)26)20(27)23-10-8-14-3-2-9-22-13-14;2-1-3/h1-5,9,11,13,16,18-19,25-26H,6-8,10,12H2,(H,23,27)(H,24,28);1H,(H,2,3)/t16-,18+,19+;/m0./s1. The lowest BCUT2D eigenvalue weighted by Crippen LogP contribution is -2.49. The quantitative estimate of drug-likeness (QED) is 0.432. The number of nitrogens with zero attached hydrogens (tertiary/aromatic N) is 1. The van der Waals surface area contributed by atoms with Crippen LogP contribution < -0.4 is 10.6 Å². The third kappa shape index (κ3) is 7.71. The molecule has 9 heteroatoms. The van der Waals surface area contributed by atoms with E-state index in [4.69, 9.17) is 9.90 Å². The summed E-state index contributed by atoms with van der Waals surface area (Å²) in [5.74, 6) is -0.695. The molecule has 5 N–H and O–H groups in total. The number of aromatic hydroxyl groups is 1. The van der Waals surface area contributed by atoms with E-state index in [1.165, 1.54) is 12.1 Å². The van der Waals surface area contributed by atoms with E-state index in [1.54, 1.807) is 24.5 Å². The maximum absolute atomic E-state index is 12.5. The maximum Gasteiger partial charge on any atom is 0.290 e. The van der Waals surface area contributed by atoms with Crippen LogP contribution in [0.25, 0.3) is 0 Å². The van der Waals surface area contributed by atoms with Crippen molar-refractivity contribution in [3.8, 4) is 5.75 Å². The number of rotatable bonds is 6. The third-order valence-corrected chi connectivity index (χ3v) is 5.05. The van der Waals surface area contributed by atoms with E-state index in [0.29, 0.717) is 37.8 Å². The van der Waals surface area contributed by atoms with Gasteiger partial charge in [0.25, 0.3) is 12.4 Å². The predicted octanol–water partition coefficient (Wildman–Crippen LogP) is 1.11. The van der Waals surface area contributed by atoms with E-state index in [0.717, 1.165) is 5.56 Å². The monoisotopic (exact) mass is 429 g/mol. The number of aromatic nitrogens is 1. The summed E-state index contributed by atoms with van der Waals surface area (Å²) in [6.07, 6.45) is 4.90. The van der Waals surface area contributed by atoms with Crippen LogP contribution in [0.1, 0.15) is 35.2 Å². The molecular formula is C22H27N3O6. The lowest BCUT2D eigenvalue weighted by molar-refractivity contribution is -0.127. The van der Waals surface area contributed by atoms with E-state index in [2.05, 4.69) is 15.6 Å². The molecule has 0 saturated heterocycles. The summed E-state index contributed by atoms with van der Waals surface area (Å²) in [6, 6.07) is 9.35. The molecule has 9 nitrogen and oxygen atoms in total. The summed E-state index contributed by atoms with van der Waals surface area (Å²) in [5, 5.41) is 32.4. The minimum absolute atomic E-state index is 0.00251. The van der Waals surface area contributed by atoms with E-state index >= 15 is 0 Å². The molecule has 2 amide bonds. The van der Waals surface area contributed by atoms with Crippen LogP contribution in [-0.4, -0.2) is 57.3 Å². The second-order valence-electron chi connectivity index (χ2n) is 7.22. The number of carbonyl (C=O) groups excluding carboxylic acids is 2. The molecule has 0 unspecified atom stereocenters. The number of hydrogen-bond donors (Lipinski definition) is 5. The SMILES string of the molecule is O=C(N[C@@H]1C[C@@H](C(=O)NCCc2cccnc2)CC[C@H]1O)c1cccc(O)c1.O=CO. The molecule has 0 bridgehead atoms. The highest BCUT2D eigenvalue weighted by Crippen LogP contribution is 2.25. The predicted molar refractivity (Wildman–Crippen MR) is 112 cm³/mol. The van der Waals surface area contributed by atoms with E-state index in [9.17, 15) is 19.8 Å². The van der Waals surface area contributed by atoms with Gasteiger partial charge in [0, 0.05) is 30.4 Å². The van der Waals surface area contributed by atoms with Gasteiger partial charge in [0.15, 0.2) is 0 Å². The summed E-state index contributed by atoms with van der Waals surface area (Å²) in [6.45, 7) is 0.268. The van der Waals surface area contributed by atoms with Crippen LogP contribution in [0.5, 0.6) is 5.75 Å². The molecular weight excluding hydrogens is 402 g/mol. The van der Waals surface area contributed by atoms with Gasteiger partial charge in [0.2, 0.25) is 5.91 Å². The molecule has 1 fully saturated rings. The van der Waals surface area contributed by atoms with E-state index < -0.39 is 12.1 Å². The number of nitrogens with one attached hydrogen (secondary N) is 2. The Bertz CT molecular complexity index is 861. The number of aliphatic hydroxyl groups excluding tert-OH is 1. The Morgan fingerprint density at radius 3 is 2.65 bits per heavy atom. The lowest BCUT2D eigenvalue weighted by Gasteiger charge is -2.33. The normalized spacial score (nSPS) is 20.0. The van der Waals surface area contributed by atoms with Gasteiger partial charge in [0.05, 0.1) is 12.1 Å². The Morgan fingerprint density at radius 1 is 1.19 bits per heavy atom. The Labute approximate surface area is 180 Å². The van der Waals surface area contributed by atoms with Crippen molar-refractivity contribution in [3.05, 3.63) is 59.9 Å². The molecule has 1 aliphatic carbocycles. The van der Waals surface area contributed by atoms with Crippen LogP contribution in [-0.2, 0) is 16.0 Å². The summed E-state index contributed by atoms with van der Waals surface area (Å²) < 4.78 is 0.